The van der Waals surface area contributed by atoms with Gasteiger partial charge >= 0.3 is 0 Å². The van der Waals surface area contributed by atoms with Crippen molar-refractivity contribution < 1.29 is 0 Å². The van der Waals surface area contributed by atoms with Crippen molar-refractivity contribution in [1.29, 1.82) is 0 Å². The molecular weight excluding hydrogens is 939 g/mol. The average molecular weight is 1020 g/mol. The van der Waals surface area contributed by atoms with Gasteiger partial charge in [-0.2, -0.15) is 0 Å². The number of hydrogen-bond acceptors (Lipinski definition) is 1. The normalized spacial score (nSPS) is 15.7. The number of rotatable bonds is 4. The molecule has 390 valence electrons. The minimum absolute atomic E-state index is 0.0326. The first-order chi connectivity index (χ1) is 36.7. The first kappa shape index (κ1) is 50.3. The molecule has 0 fully saturated rings. The van der Waals surface area contributed by atoms with Gasteiger partial charge in [0.1, 0.15) is 0 Å². The van der Waals surface area contributed by atoms with Crippen LogP contribution in [0.25, 0.3) is 55.6 Å². The Morgan fingerprint density at radius 3 is 1.05 bits per heavy atom. The highest BCUT2D eigenvalue weighted by Gasteiger charge is 2.54. The Labute approximate surface area is 466 Å². The standard InChI is InChI=1S/C77H77N/c1-71(2,3)47-27-34-58-59-35-28-48(72(4,5)6)41-67(59)77(66(58)40-47)68-42-49(73(7,8)9)29-36-60(68)70-61(39-50(43-69(70)77)74(10,11)12)46-25-30-51(31-26-46)78(52-32-37-56-54-21-17-19-23-62(54)75(13,14)64(56)44-52)53-33-38-57-55-22-18-20-24-63(55)76(15,16)65(57)45-53/h17-45H,1-16H3. The van der Waals surface area contributed by atoms with Gasteiger partial charge in [0.2, 0.25) is 0 Å². The van der Waals surface area contributed by atoms with Crippen LogP contribution in [-0.2, 0) is 37.9 Å². The molecule has 0 unspecified atom stereocenters. The highest BCUT2D eigenvalue weighted by Crippen LogP contribution is 2.66. The maximum Gasteiger partial charge on any atom is 0.0726 e. The lowest BCUT2D eigenvalue weighted by atomic mass is 9.67. The molecule has 78 heavy (non-hydrogen) atoms. The number of fused-ring (bicyclic) bond motifs is 16. The smallest absolute Gasteiger partial charge is 0.0726 e. The van der Waals surface area contributed by atoms with Gasteiger partial charge in [-0.05, 0) is 187 Å². The van der Waals surface area contributed by atoms with Crippen LogP contribution in [0, 0.1) is 0 Å². The third-order valence-corrected chi connectivity index (χ3v) is 18.9. The van der Waals surface area contributed by atoms with E-state index in [-0.39, 0.29) is 32.5 Å². The quantitative estimate of drug-likeness (QED) is 0.170. The number of anilines is 3. The second-order valence-electron chi connectivity index (χ2n) is 28.7. The molecule has 0 aliphatic heterocycles. The molecule has 0 atom stereocenters. The fraction of sp³-hybridized carbons (Fsp3) is 0.299. The summed E-state index contributed by atoms with van der Waals surface area (Å²) < 4.78 is 0. The number of nitrogens with zero attached hydrogens (tertiary/aromatic N) is 1. The Morgan fingerprint density at radius 2 is 0.615 bits per heavy atom. The molecule has 1 nitrogen and oxygen atoms in total. The SMILES string of the molecule is CC(C)(C)c1ccc2c(c1)C1(c3cc(C(C)(C)C)ccc3-2)c2cc(C(C)(C)C)ccc2-c2c(-c3ccc(N(c4ccc5c(c4)C(C)(C)c4ccccc4-5)c4ccc5c(c4)C(C)(C)c4ccccc4-5)cc3)cc(C(C)(C)C)cc21. The Balaban J connectivity index is 1.05. The Kier molecular flexibility index (Phi) is 10.6. The molecule has 1 heteroatoms. The van der Waals surface area contributed by atoms with E-state index in [4.69, 9.17) is 0 Å². The van der Waals surface area contributed by atoms with Gasteiger partial charge < -0.3 is 4.90 Å². The highest BCUT2D eigenvalue weighted by molar-refractivity contribution is 6.01. The van der Waals surface area contributed by atoms with Crippen LogP contribution in [0.4, 0.5) is 17.1 Å². The summed E-state index contributed by atoms with van der Waals surface area (Å²) >= 11 is 0. The molecule has 0 saturated carbocycles. The molecule has 0 radical (unpaired) electrons. The predicted octanol–water partition coefficient (Wildman–Crippen LogP) is 21.0. The molecule has 9 aromatic rings. The van der Waals surface area contributed by atoms with Crippen molar-refractivity contribution in [2.75, 3.05) is 4.90 Å². The minimum atomic E-state index is -0.534. The van der Waals surface area contributed by atoms with Gasteiger partial charge in [0.25, 0.3) is 0 Å². The molecule has 9 aromatic carbocycles. The van der Waals surface area contributed by atoms with Crippen LogP contribution in [0.1, 0.15) is 178 Å². The molecule has 0 heterocycles. The summed E-state index contributed by atoms with van der Waals surface area (Å²) in [5, 5.41) is 0. The summed E-state index contributed by atoms with van der Waals surface area (Å²) in [5.74, 6) is 0. The molecule has 4 aliphatic rings. The van der Waals surface area contributed by atoms with E-state index in [9.17, 15) is 0 Å². The summed E-state index contributed by atoms with van der Waals surface area (Å²) in [6, 6.07) is 69.6. The van der Waals surface area contributed by atoms with Gasteiger partial charge in [-0.25, -0.2) is 0 Å². The number of benzene rings is 9. The zero-order chi connectivity index (χ0) is 55.0. The van der Waals surface area contributed by atoms with Crippen molar-refractivity contribution in [2.45, 2.75) is 149 Å². The van der Waals surface area contributed by atoms with Crippen molar-refractivity contribution in [1.82, 2.24) is 0 Å². The van der Waals surface area contributed by atoms with Gasteiger partial charge in [-0.1, -0.05) is 244 Å². The predicted molar refractivity (Wildman–Crippen MR) is 333 cm³/mol. The first-order valence-electron chi connectivity index (χ1n) is 28.7. The van der Waals surface area contributed by atoms with Crippen LogP contribution in [0.3, 0.4) is 0 Å². The molecular formula is C77H77N. The minimum Gasteiger partial charge on any atom is -0.310 e. The van der Waals surface area contributed by atoms with Crippen LogP contribution in [-0.4, -0.2) is 0 Å². The monoisotopic (exact) mass is 1020 g/mol. The van der Waals surface area contributed by atoms with E-state index in [2.05, 4.69) is 292 Å². The molecule has 0 amide bonds. The van der Waals surface area contributed by atoms with E-state index in [0.29, 0.717) is 0 Å². The zero-order valence-corrected chi connectivity index (χ0v) is 49.2. The van der Waals surface area contributed by atoms with E-state index in [1.807, 2.05) is 0 Å². The van der Waals surface area contributed by atoms with Crippen LogP contribution >= 0.6 is 0 Å². The van der Waals surface area contributed by atoms with Crippen LogP contribution in [0.2, 0.25) is 0 Å². The van der Waals surface area contributed by atoms with Crippen molar-refractivity contribution in [3.63, 3.8) is 0 Å². The van der Waals surface area contributed by atoms with E-state index in [1.165, 1.54) is 134 Å². The van der Waals surface area contributed by atoms with E-state index < -0.39 is 5.41 Å². The van der Waals surface area contributed by atoms with Gasteiger partial charge in [0.15, 0.2) is 0 Å². The van der Waals surface area contributed by atoms with Crippen LogP contribution < -0.4 is 4.90 Å². The largest absolute Gasteiger partial charge is 0.310 e. The van der Waals surface area contributed by atoms with Gasteiger partial charge in [0.05, 0.1) is 5.41 Å². The fourth-order valence-electron chi connectivity index (χ4n) is 14.3. The molecule has 0 N–H and O–H groups in total. The average Bonchev–Trinajstić information content (AvgIpc) is 3.14. The fourth-order valence-corrected chi connectivity index (χ4v) is 14.3. The summed E-state index contributed by atoms with van der Waals surface area (Å²) in [6.07, 6.45) is 0. The van der Waals surface area contributed by atoms with Crippen molar-refractivity contribution >= 4 is 17.1 Å². The molecule has 0 saturated heterocycles. The highest BCUT2D eigenvalue weighted by atomic mass is 15.1. The van der Waals surface area contributed by atoms with E-state index in [0.717, 1.165) is 5.69 Å². The second kappa shape index (κ2) is 16.4. The maximum atomic E-state index is 2.62. The molecule has 0 bridgehead atoms. The van der Waals surface area contributed by atoms with Crippen LogP contribution in [0.5, 0.6) is 0 Å². The lowest BCUT2D eigenvalue weighted by Gasteiger charge is -2.34. The second-order valence-corrected chi connectivity index (χ2v) is 28.7. The van der Waals surface area contributed by atoms with E-state index >= 15 is 0 Å². The first-order valence-corrected chi connectivity index (χ1v) is 28.7. The third kappa shape index (κ3) is 7.18. The van der Waals surface area contributed by atoms with Gasteiger partial charge in [-0.15, -0.1) is 0 Å². The lowest BCUT2D eigenvalue weighted by Crippen LogP contribution is -2.28. The summed E-state index contributed by atoms with van der Waals surface area (Å²) in [6.45, 7) is 38.0. The number of hydrogen-bond donors (Lipinski definition) is 0. The molecule has 1 spiro atoms. The summed E-state index contributed by atoms with van der Waals surface area (Å²) in [4.78, 5) is 2.52. The Bertz CT molecular complexity index is 3820. The lowest BCUT2D eigenvalue weighted by molar-refractivity contribution is 0.583. The topological polar surface area (TPSA) is 3.24 Å². The molecule has 13 rings (SSSR count). The third-order valence-electron chi connectivity index (χ3n) is 18.9. The Morgan fingerprint density at radius 1 is 0.269 bits per heavy atom. The maximum absolute atomic E-state index is 2.62. The van der Waals surface area contributed by atoms with E-state index in [1.54, 1.807) is 0 Å². The van der Waals surface area contributed by atoms with Crippen molar-refractivity contribution in [3.8, 4) is 55.6 Å². The molecule has 0 aromatic heterocycles. The van der Waals surface area contributed by atoms with Crippen LogP contribution in [0.15, 0.2) is 176 Å². The van der Waals surface area contributed by atoms with Crippen molar-refractivity contribution in [2.24, 2.45) is 0 Å². The van der Waals surface area contributed by atoms with Crippen molar-refractivity contribution in [3.05, 3.63) is 243 Å². The molecule has 4 aliphatic carbocycles. The van der Waals surface area contributed by atoms with Gasteiger partial charge in [-0.3, -0.25) is 0 Å². The summed E-state index contributed by atoms with van der Waals surface area (Å²) in [5.41, 5.74) is 32.3. The Hall–Kier alpha value is -7.22. The zero-order valence-electron chi connectivity index (χ0n) is 49.2. The van der Waals surface area contributed by atoms with Gasteiger partial charge in [0, 0.05) is 27.9 Å². The summed E-state index contributed by atoms with van der Waals surface area (Å²) in [7, 11) is 0.